The molecule has 0 aliphatic rings. The zero-order valence-electron chi connectivity index (χ0n) is 17.1. The van der Waals surface area contributed by atoms with Gasteiger partial charge >= 0.3 is 11.9 Å². The van der Waals surface area contributed by atoms with Gasteiger partial charge in [-0.1, -0.05) is 72.1 Å². The van der Waals surface area contributed by atoms with E-state index in [9.17, 15) is 9.59 Å². The molecule has 0 amide bonds. The second kappa shape index (κ2) is 26.8. The van der Waals surface area contributed by atoms with Gasteiger partial charge in [0, 0.05) is 13.3 Å². The lowest BCUT2D eigenvalue weighted by atomic mass is 10.1. The van der Waals surface area contributed by atoms with Crippen LogP contribution >= 0.6 is 0 Å². The standard InChI is InChI=1S/C10H20O2.C6H14.C4H8O2/c1-3-5-6-7-8-9-10(11)12-4-2;1-3-5-6-4-2;1-3-6-4(2)5/h3-9H2,1-2H3;3-6H2,1-2H3;3H2,1-2H3. The number of carbonyl (C=O) groups is 2. The molecule has 0 saturated heterocycles. The molecule has 0 saturated carbocycles. The first-order valence-electron chi connectivity index (χ1n) is 9.78. The van der Waals surface area contributed by atoms with E-state index in [1.165, 1.54) is 51.9 Å². The third-order valence-electron chi connectivity index (χ3n) is 3.09. The van der Waals surface area contributed by atoms with E-state index in [2.05, 4.69) is 25.5 Å². The highest BCUT2D eigenvalue weighted by molar-refractivity contribution is 5.69. The minimum Gasteiger partial charge on any atom is -0.466 e. The van der Waals surface area contributed by atoms with Crippen LogP contribution in [0.4, 0.5) is 0 Å². The van der Waals surface area contributed by atoms with Crippen LogP contribution in [0.25, 0.3) is 0 Å². The van der Waals surface area contributed by atoms with Crippen molar-refractivity contribution < 1.29 is 19.1 Å². The molecule has 0 aliphatic carbocycles. The maximum Gasteiger partial charge on any atom is 0.305 e. The molecule has 0 radical (unpaired) electrons. The summed E-state index contributed by atoms with van der Waals surface area (Å²) in [4.78, 5) is 20.7. The van der Waals surface area contributed by atoms with E-state index in [4.69, 9.17) is 4.74 Å². The van der Waals surface area contributed by atoms with Crippen LogP contribution in [0.3, 0.4) is 0 Å². The Hall–Kier alpha value is -1.06. The fourth-order valence-corrected chi connectivity index (χ4v) is 1.81. The summed E-state index contributed by atoms with van der Waals surface area (Å²) in [6.07, 6.45) is 12.1. The molecule has 0 fully saturated rings. The van der Waals surface area contributed by atoms with E-state index >= 15 is 0 Å². The molecule has 0 aliphatic heterocycles. The van der Waals surface area contributed by atoms with Crippen molar-refractivity contribution in [1.29, 1.82) is 0 Å². The fourth-order valence-electron chi connectivity index (χ4n) is 1.81. The summed E-state index contributed by atoms with van der Waals surface area (Å²) >= 11 is 0. The number of carbonyl (C=O) groups excluding carboxylic acids is 2. The SMILES string of the molecule is CCCCCC.CCCCCCCC(=O)OCC.CCOC(C)=O. The van der Waals surface area contributed by atoms with Crippen LogP contribution in [-0.2, 0) is 19.1 Å². The van der Waals surface area contributed by atoms with Gasteiger partial charge in [-0.3, -0.25) is 9.59 Å². The van der Waals surface area contributed by atoms with Crippen LogP contribution in [0.2, 0.25) is 0 Å². The smallest absolute Gasteiger partial charge is 0.305 e. The number of unbranched alkanes of at least 4 members (excludes halogenated alkanes) is 7. The van der Waals surface area contributed by atoms with Crippen LogP contribution in [-0.4, -0.2) is 25.2 Å². The summed E-state index contributed by atoms with van der Waals surface area (Å²) in [5, 5.41) is 0. The molecule has 4 nitrogen and oxygen atoms in total. The molecule has 0 rings (SSSR count). The van der Waals surface area contributed by atoms with Crippen LogP contribution in [0, 0.1) is 0 Å². The van der Waals surface area contributed by atoms with Crippen molar-refractivity contribution in [2.24, 2.45) is 0 Å². The molecule has 4 heteroatoms. The minimum absolute atomic E-state index is 0.0472. The Morgan fingerprint density at radius 3 is 1.38 bits per heavy atom. The van der Waals surface area contributed by atoms with Crippen molar-refractivity contribution >= 4 is 11.9 Å². The Bertz CT molecular complexity index is 248. The highest BCUT2D eigenvalue weighted by Crippen LogP contribution is 2.05. The fraction of sp³-hybridized carbons (Fsp3) is 0.900. The average molecular weight is 347 g/mol. The molecular formula is C20H42O4. The van der Waals surface area contributed by atoms with Crippen LogP contribution in [0.1, 0.15) is 106 Å². The zero-order chi connectivity index (χ0) is 19.1. The lowest BCUT2D eigenvalue weighted by molar-refractivity contribution is -0.143. The van der Waals surface area contributed by atoms with Gasteiger partial charge in [0.1, 0.15) is 0 Å². The third-order valence-corrected chi connectivity index (χ3v) is 3.09. The molecule has 0 bridgehead atoms. The molecule has 0 aromatic rings. The molecular weight excluding hydrogens is 304 g/mol. The number of ether oxygens (including phenoxy) is 2. The first kappa shape index (κ1) is 27.8. The lowest BCUT2D eigenvalue weighted by Gasteiger charge is -2.00. The molecule has 146 valence electrons. The van der Waals surface area contributed by atoms with E-state index in [1.54, 1.807) is 6.92 Å². The van der Waals surface area contributed by atoms with Crippen molar-refractivity contribution in [1.82, 2.24) is 0 Å². The number of rotatable bonds is 11. The normalized spacial score (nSPS) is 9.08. The summed E-state index contributed by atoms with van der Waals surface area (Å²) < 4.78 is 9.21. The summed E-state index contributed by atoms with van der Waals surface area (Å²) in [5.41, 5.74) is 0. The largest absolute Gasteiger partial charge is 0.466 e. The molecule has 0 unspecified atom stereocenters. The van der Waals surface area contributed by atoms with Gasteiger partial charge in [-0.15, -0.1) is 0 Å². The van der Waals surface area contributed by atoms with Crippen molar-refractivity contribution in [2.75, 3.05) is 13.2 Å². The lowest BCUT2D eigenvalue weighted by Crippen LogP contribution is -2.02. The monoisotopic (exact) mass is 346 g/mol. The molecule has 0 spiro atoms. The second-order valence-electron chi connectivity index (χ2n) is 5.60. The maximum atomic E-state index is 10.9. The van der Waals surface area contributed by atoms with Gasteiger partial charge in [-0.25, -0.2) is 0 Å². The van der Waals surface area contributed by atoms with Crippen molar-refractivity contribution in [3.63, 3.8) is 0 Å². The van der Waals surface area contributed by atoms with Crippen LogP contribution in [0.5, 0.6) is 0 Å². The van der Waals surface area contributed by atoms with Crippen molar-refractivity contribution in [2.45, 2.75) is 106 Å². The minimum atomic E-state index is -0.211. The van der Waals surface area contributed by atoms with Crippen molar-refractivity contribution in [3.05, 3.63) is 0 Å². The highest BCUT2D eigenvalue weighted by atomic mass is 16.5. The Morgan fingerprint density at radius 2 is 1.04 bits per heavy atom. The van der Waals surface area contributed by atoms with Crippen molar-refractivity contribution in [3.8, 4) is 0 Å². The summed E-state index contributed by atoms with van der Waals surface area (Å²) in [6.45, 7) is 12.7. The highest BCUT2D eigenvalue weighted by Gasteiger charge is 1.99. The second-order valence-corrected chi connectivity index (χ2v) is 5.60. The van der Waals surface area contributed by atoms with Crippen LogP contribution in [0.15, 0.2) is 0 Å². The summed E-state index contributed by atoms with van der Waals surface area (Å²) in [5.74, 6) is -0.258. The van der Waals surface area contributed by atoms with E-state index in [0.29, 0.717) is 19.6 Å². The maximum absolute atomic E-state index is 10.9. The first-order valence-corrected chi connectivity index (χ1v) is 9.78. The Labute approximate surface area is 150 Å². The number of hydrogen-bond donors (Lipinski definition) is 0. The van der Waals surface area contributed by atoms with E-state index in [0.717, 1.165) is 12.8 Å². The van der Waals surface area contributed by atoms with E-state index in [1.807, 2.05) is 6.92 Å². The summed E-state index contributed by atoms with van der Waals surface area (Å²) in [7, 11) is 0. The van der Waals surface area contributed by atoms with Gasteiger partial charge in [0.2, 0.25) is 0 Å². The Balaban J connectivity index is -0.000000309. The van der Waals surface area contributed by atoms with Gasteiger partial charge in [0.15, 0.2) is 0 Å². The molecule has 0 heterocycles. The molecule has 0 aromatic heterocycles. The topological polar surface area (TPSA) is 52.6 Å². The molecule has 0 aromatic carbocycles. The molecule has 0 atom stereocenters. The Kier molecular flexibility index (Phi) is 31.0. The zero-order valence-corrected chi connectivity index (χ0v) is 17.1. The predicted octanol–water partition coefficient (Wildman–Crippen LogP) is 6.07. The Morgan fingerprint density at radius 1 is 0.625 bits per heavy atom. The van der Waals surface area contributed by atoms with Gasteiger partial charge in [-0.05, 0) is 20.3 Å². The third kappa shape index (κ3) is 37.3. The van der Waals surface area contributed by atoms with Gasteiger partial charge < -0.3 is 9.47 Å². The van der Waals surface area contributed by atoms with Gasteiger partial charge in [0.05, 0.1) is 13.2 Å². The predicted molar refractivity (Wildman–Crippen MR) is 102 cm³/mol. The molecule has 0 N–H and O–H groups in total. The quantitative estimate of drug-likeness (QED) is 0.337. The van der Waals surface area contributed by atoms with Gasteiger partial charge in [-0.2, -0.15) is 0 Å². The van der Waals surface area contributed by atoms with E-state index in [-0.39, 0.29) is 11.9 Å². The van der Waals surface area contributed by atoms with Gasteiger partial charge in [0.25, 0.3) is 0 Å². The van der Waals surface area contributed by atoms with Crippen LogP contribution < -0.4 is 0 Å². The summed E-state index contributed by atoms with van der Waals surface area (Å²) in [6, 6.07) is 0. The number of esters is 2. The number of hydrogen-bond acceptors (Lipinski definition) is 4. The molecule has 24 heavy (non-hydrogen) atoms. The first-order chi connectivity index (χ1) is 11.5. The average Bonchev–Trinajstić information content (AvgIpc) is 2.54. The van der Waals surface area contributed by atoms with E-state index < -0.39 is 0 Å².